The number of aliphatic hydroxyl groups excluding tert-OH is 1. The molecule has 0 saturated carbocycles. The van der Waals surface area contributed by atoms with Crippen molar-refractivity contribution in [2.45, 2.75) is 25.5 Å². The Hall–Kier alpha value is -2.33. The molecular formula is C19H22ClN3O3. The summed E-state index contributed by atoms with van der Waals surface area (Å²) in [5, 5.41) is 21.2. The Bertz CT molecular complexity index is 744. The van der Waals surface area contributed by atoms with Gasteiger partial charge in [0, 0.05) is 18.2 Å². The van der Waals surface area contributed by atoms with Gasteiger partial charge in [0.05, 0.1) is 5.56 Å². The number of aliphatic hydroxyl groups is 1. The molecule has 26 heavy (non-hydrogen) atoms. The van der Waals surface area contributed by atoms with Gasteiger partial charge in [-0.05, 0) is 32.0 Å². The summed E-state index contributed by atoms with van der Waals surface area (Å²) >= 11 is 5.69. The largest absolute Gasteiger partial charge is 0.490 e. The number of para-hydroxylation sites is 1. The minimum atomic E-state index is -0.699. The SMILES string of the molecule is C#Cc1ccccc1OCC(O)CNC(C)(C)COc1ccc(Cl)nn1. The normalized spacial score (nSPS) is 12.3. The third kappa shape index (κ3) is 6.52. The van der Waals surface area contributed by atoms with E-state index >= 15 is 0 Å². The first-order valence-corrected chi connectivity index (χ1v) is 8.51. The Labute approximate surface area is 158 Å². The fourth-order valence-electron chi connectivity index (χ4n) is 2.04. The molecule has 2 rings (SSSR count). The maximum Gasteiger partial charge on any atom is 0.233 e. The van der Waals surface area contributed by atoms with E-state index in [0.717, 1.165) is 0 Å². The molecule has 2 aromatic rings. The molecule has 6 nitrogen and oxygen atoms in total. The monoisotopic (exact) mass is 375 g/mol. The van der Waals surface area contributed by atoms with Crippen LogP contribution in [0.3, 0.4) is 0 Å². The van der Waals surface area contributed by atoms with Crippen molar-refractivity contribution in [3.8, 4) is 24.0 Å². The molecule has 1 aromatic carbocycles. The average Bonchev–Trinajstić information content (AvgIpc) is 2.64. The zero-order valence-electron chi connectivity index (χ0n) is 14.8. The molecule has 7 heteroatoms. The number of nitrogens with one attached hydrogen (secondary N) is 1. The first-order valence-electron chi connectivity index (χ1n) is 8.13. The highest BCUT2D eigenvalue weighted by molar-refractivity contribution is 6.29. The fraction of sp³-hybridized carbons (Fsp3) is 0.368. The summed E-state index contributed by atoms with van der Waals surface area (Å²) in [6.45, 7) is 4.72. The lowest BCUT2D eigenvalue weighted by Gasteiger charge is -2.27. The number of hydrogen-bond acceptors (Lipinski definition) is 6. The Kier molecular flexibility index (Phi) is 7.22. The number of benzene rings is 1. The van der Waals surface area contributed by atoms with E-state index < -0.39 is 6.10 Å². The third-order valence-electron chi connectivity index (χ3n) is 3.48. The van der Waals surface area contributed by atoms with Crippen LogP contribution < -0.4 is 14.8 Å². The van der Waals surface area contributed by atoms with Crippen molar-refractivity contribution in [1.29, 1.82) is 0 Å². The summed E-state index contributed by atoms with van der Waals surface area (Å²) < 4.78 is 11.2. The number of nitrogens with zero attached hydrogens (tertiary/aromatic N) is 2. The predicted molar refractivity (Wildman–Crippen MR) is 100 cm³/mol. The van der Waals surface area contributed by atoms with Gasteiger partial charge >= 0.3 is 0 Å². The highest BCUT2D eigenvalue weighted by Crippen LogP contribution is 2.16. The Morgan fingerprint density at radius 1 is 1.23 bits per heavy atom. The Morgan fingerprint density at radius 3 is 2.69 bits per heavy atom. The van der Waals surface area contributed by atoms with E-state index in [9.17, 15) is 5.11 Å². The van der Waals surface area contributed by atoms with Crippen LogP contribution in [0.2, 0.25) is 5.15 Å². The standard InChI is InChI=1S/C19H22ClN3O3/c1-4-14-7-5-6-8-16(14)25-12-15(24)11-21-19(2,3)13-26-18-10-9-17(20)22-23-18/h1,5-10,15,21,24H,11-13H2,2-3H3. The van der Waals surface area contributed by atoms with Crippen LogP contribution in [-0.2, 0) is 0 Å². The molecule has 0 aliphatic heterocycles. The van der Waals surface area contributed by atoms with Crippen molar-refractivity contribution < 1.29 is 14.6 Å². The molecule has 2 N–H and O–H groups in total. The third-order valence-corrected chi connectivity index (χ3v) is 3.68. The van der Waals surface area contributed by atoms with Crippen molar-refractivity contribution in [2.24, 2.45) is 0 Å². The van der Waals surface area contributed by atoms with Gasteiger partial charge in [0.15, 0.2) is 5.15 Å². The van der Waals surface area contributed by atoms with Crippen LogP contribution >= 0.6 is 11.6 Å². The molecule has 0 saturated heterocycles. The lowest BCUT2D eigenvalue weighted by Crippen LogP contribution is -2.48. The second kappa shape index (κ2) is 9.39. The lowest BCUT2D eigenvalue weighted by molar-refractivity contribution is 0.0922. The van der Waals surface area contributed by atoms with Gasteiger partial charge in [-0.1, -0.05) is 29.7 Å². The van der Waals surface area contributed by atoms with Gasteiger partial charge in [-0.2, -0.15) is 0 Å². The van der Waals surface area contributed by atoms with Crippen LogP contribution in [0.5, 0.6) is 11.6 Å². The number of aromatic nitrogens is 2. The predicted octanol–water partition coefficient (Wildman–Crippen LogP) is 2.30. The molecule has 0 bridgehead atoms. The molecule has 138 valence electrons. The van der Waals surface area contributed by atoms with Gasteiger partial charge in [-0.3, -0.25) is 0 Å². The smallest absolute Gasteiger partial charge is 0.233 e. The lowest BCUT2D eigenvalue weighted by atomic mass is 10.1. The van der Waals surface area contributed by atoms with Crippen LogP contribution in [-0.4, -0.2) is 46.7 Å². The number of halogens is 1. The zero-order valence-corrected chi connectivity index (χ0v) is 15.5. The summed E-state index contributed by atoms with van der Waals surface area (Å²) in [7, 11) is 0. The molecule has 0 radical (unpaired) electrons. The van der Waals surface area contributed by atoms with E-state index in [4.69, 9.17) is 27.5 Å². The van der Waals surface area contributed by atoms with Gasteiger partial charge in [0.2, 0.25) is 5.88 Å². The second-order valence-corrected chi connectivity index (χ2v) is 6.74. The molecule has 1 aromatic heterocycles. The van der Waals surface area contributed by atoms with Crippen molar-refractivity contribution >= 4 is 11.6 Å². The van der Waals surface area contributed by atoms with Gasteiger partial charge in [-0.15, -0.1) is 16.6 Å². The number of hydrogen-bond donors (Lipinski definition) is 2. The maximum absolute atomic E-state index is 10.1. The molecule has 0 aliphatic carbocycles. The minimum Gasteiger partial charge on any atom is -0.490 e. The van der Waals surface area contributed by atoms with Crippen molar-refractivity contribution in [1.82, 2.24) is 15.5 Å². The number of terminal acetylenes is 1. The maximum atomic E-state index is 10.1. The number of rotatable bonds is 9. The number of β-amino-alcohol motifs (C(OH)–C–C–N with tert-alkyl or cyclic N) is 1. The molecule has 1 atom stereocenters. The van der Waals surface area contributed by atoms with Crippen LogP contribution in [0.4, 0.5) is 0 Å². The quantitative estimate of drug-likeness (QED) is 0.655. The van der Waals surface area contributed by atoms with Gasteiger partial charge in [0.1, 0.15) is 25.1 Å². The molecule has 1 heterocycles. The van der Waals surface area contributed by atoms with Crippen LogP contribution in [0.25, 0.3) is 0 Å². The average molecular weight is 376 g/mol. The number of ether oxygens (including phenoxy) is 2. The van der Waals surface area contributed by atoms with Crippen LogP contribution in [0.1, 0.15) is 19.4 Å². The fourth-order valence-corrected chi connectivity index (χ4v) is 2.14. The molecular weight excluding hydrogens is 354 g/mol. The van der Waals surface area contributed by atoms with Crippen molar-refractivity contribution in [3.05, 3.63) is 47.1 Å². The highest BCUT2D eigenvalue weighted by atomic mass is 35.5. The van der Waals surface area contributed by atoms with E-state index in [-0.39, 0.29) is 12.1 Å². The van der Waals surface area contributed by atoms with E-state index in [1.165, 1.54) is 0 Å². The Balaban J connectivity index is 1.75. The second-order valence-electron chi connectivity index (χ2n) is 6.35. The van der Waals surface area contributed by atoms with Crippen LogP contribution in [0.15, 0.2) is 36.4 Å². The first kappa shape index (κ1) is 20.0. The van der Waals surface area contributed by atoms with E-state index in [0.29, 0.717) is 35.5 Å². The van der Waals surface area contributed by atoms with Gasteiger partial charge in [-0.25, -0.2) is 0 Å². The highest BCUT2D eigenvalue weighted by Gasteiger charge is 2.20. The molecule has 1 unspecified atom stereocenters. The van der Waals surface area contributed by atoms with E-state index in [1.54, 1.807) is 24.3 Å². The molecule has 0 aliphatic rings. The minimum absolute atomic E-state index is 0.130. The summed E-state index contributed by atoms with van der Waals surface area (Å²) in [4.78, 5) is 0. The van der Waals surface area contributed by atoms with Crippen molar-refractivity contribution in [3.63, 3.8) is 0 Å². The van der Waals surface area contributed by atoms with E-state index in [2.05, 4.69) is 21.4 Å². The Morgan fingerprint density at radius 2 is 2.00 bits per heavy atom. The summed E-state index contributed by atoms with van der Waals surface area (Å²) in [5.74, 6) is 3.52. The summed E-state index contributed by atoms with van der Waals surface area (Å²) in [5.41, 5.74) is 0.268. The molecule has 0 fully saturated rings. The van der Waals surface area contributed by atoms with E-state index in [1.807, 2.05) is 26.0 Å². The van der Waals surface area contributed by atoms with Crippen molar-refractivity contribution in [2.75, 3.05) is 19.8 Å². The van der Waals surface area contributed by atoms with Gasteiger partial charge in [0.25, 0.3) is 0 Å². The summed E-state index contributed by atoms with van der Waals surface area (Å²) in [6, 6.07) is 10.5. The van der Waals surface area contributed by atoms with Gasteiger partial charge < -0.3 is 19.9 Å². The van der Waals surface area contributed by atoms with Crippen LogP contribution in [0, 0.1) is 12.3 Å². The summed E-state index contributed by atoms with van der Waals surface area (Å²) in [6.07, 6.45) is 4.73. The first-order chi connectivity index (χ1) is 12.4. The molecule has 0 spiro atoms. The topological polar surface area (TPSA) is 76.5 Å². The zero-order chi connectivity index (χ0) is 19.0. The molecule has 0 amide bonds.